The van der Waals surface area contributed by atoms with E-state index in [-0.39, 0.29) is 10.8 Å². The van der Waals surface area contributed by atoms with Gasteiger partial charge in [0.15, 0.2) is 0 Å². The summed E-state index contributed by atoms with van der Waals surface area (Å²) in [6, 6.07) is 10.7. The molecular weight excluding hydrogens is 356 g/mol. The molecule has 0 bridgehead atoms. The van der Waals surface area contributed by atoms with Crippen LogP contribution in [-0.4, -0.2) is 41.2 Å². The van der Waals surface area contributed by atoms with Crippen LogP contribution in [0.2, 0.25) is 5.02 Å². The van der Waals surface area contributed by atoms with E-state index in [2.05, 4.69) is 17.0 Å². The summed E-state index contributed by atoms with van der Waals surface area (Å²) in [6.45, 7) is 4.31. The second kappa shape index (κ2) is 8.31. The molecule has 0 radical (unpaired) electrons. The van der Waals surface area contributed by atoms with Crippen LogP contribution in [0.3, 0.4) is 0 Å². The van der Waals surface area contributed by atoms with E-state index in [1.807, 2.05) is 12.1 Å². The third-order valence-corrected chi connectivity index (χ3v) is 4.44. The number of aromatic hydroxyl groups is 1. The Bertz CT molecular complexity index is 815. The minimum atomic E-state index is -0.654. The molecule has 0 saturated carbocycles. The fourth-order valence-corrected chi connectivity index (χ4v) is 3.03. The van der Waals surface area contributed by atoms with Gasteiger partial charge in [-0.1, -0.05) is 48.0 Å². The summed E-state index contributed by atoms with van der Waals surface area (Å²) >= 11 is 5.90. The van der Waals surface area contributed by atoms with Crippen molar-refractivity contribution in [3.8, 4) is 5.75 Å². The maximum atomic E-state index is 11.0. The zero-order valence-corrected chi connectivity index (χ0v) is 14.9. The number of benzene rings is 2. The maximum absolute atomic E-state index is 11.0. The molecule has 26 heavy (non-hydrogen) atoms. The number of nitrogens with zero attached hydrogens (tertiary/aromatic N) is 2. The van der Waals surface area contributed by atoms with Crippen molar-refractivity contribution in [2.24, 2.45) is 0 Å². The minimum absolute atomic E-state index is 0.204. The van der Waals surface area contributed by atoms with E-state index in [1.54, 1.807) is 12.2 Å². The van der Waals surface area contributed by atoms with Crippen molar-refractivity contribution in [2.45, 2.75) is 6.54 Å². The lowest BCUT2D eigenvalue weighted by Crippen LogP contribution is -2.35. The first kappa shape index (κ1) is 18.4. The number of morpholine rings is 1. The number of phenolic OH excluding ortho intramolecular Hbond substituents is 1. The highest BCUT2D eigenvalue weighted by molar-refractivity contribution is 6.31. The summed E-state index contributed by atoms with van der Waals surface area (Å²) in [7, 11) is 0. The molecule has 1 fully saturated rings. The molecule has 0 aliphatic carbocycles. The molecule has 1 aliphatic rings. The van der Waals surface area contributed by atoms with Crippen LogP contribution in [-0.2, 0) is 11.3 Å². The van der Waals surface area contributed by atoms with Crippen LogP contribution in [0.4, 0.5) is 5.69 Å². The van der Waals surface area contributed by atoms with E-state index in [0.29, 0.717) is 5.56 Å². The normalized spacial score (nSPS) is 15.4. The predicted molar refractivity (Wildman–Crippen MR) is 101 cm³/mol. The van der Waals surface area contributed by atoms with Crippen LogP contribution in [0.15, 0.2) is 36.4 Å². The third kappa shape index (κ3) is 4.60. The summed E-state index contributed by atoms with van der Waals surface area (Å²) in [6.07, 6.45) is 3.40. The maximum Gasteiger partial charge on any atom is 0.312 e. The Morgan fingerprint density at radius 1 is 1.19 bits per heavy atom. The molecule has 0 spiro atoms. The Balaban J connectivity index is 1.72. The van der Waals surface area contributed by atoms with Gasteiger partial charge in [0, 0.05) is 36.3 Å². The topological polar surface area (TPSA) is 75.8 Å². The lowest BCUT2D eigenvalue weighted by atomic mass is 10.1. The summed E-state index contributed by atoms with van der Waals surface area (Å²) < 4.78 is 5.35. The molecule has 1 heterocycles. The van der Waals surface area contributed by atoms with Gasteiger partial charge in [-0.25, -0.2) is 0 Å². The van der Waals surface area contributed by atoms with Gasteiger partial charge in [-0.3, -0.25) is 15.0 Å². The van der Waals surface area contributed by atoms with Gasteiger partial charge in [0.1, 0.15) is 0 Å². The van der Waals surface area contributed by atoms with Crippen molar-refractivity contribution in [3.63, 3.8) is 0 Å². The quantitative estimate of drug-likeness (QED) is 0.487. The van der Waals surface area contributed by atoms with Gasteiger partial charge in [-0.15, -0.1) is 0 Å². The SMILES string of the molecule is O=[N+]([O-])c1cc(Cl)cc(C=Cc2ccc(CN3CCOCC3)cc2)c1O. The fraction of sp³-hybridized carbons (Fsp3) is 0.263. The minimum Gasteiger partial charge on any atom is -0.502 e. The van der Waals surface area contributed by atoms with Gasteiger partial charge in [0.25, 0.3) is 0 Å². The number of nitro groups is 1. The summed E-state index contributed by atoms with van der Waals surface area (Å²) in [5.74, 6) is -0.389. The van der Waals surface area contributed by atoms with Crippen molar-refractivity contribution in [1.29, 1.82) is 0 Å². The molecule has 2 aromatic rings. The Morgan fingerprint density at radius 3 is 2.54 bits per heavy atom. The van der Waals surface area contributed by atoms with Crippen LogP contribution in [0.25, 0.3) is 12.2 Å². The number of phenols is 1. The fourth-order valence-electron chi connectivity index (χ4n) is 2.81. The smallest absolute Gasteiger partial charge is 0.312 e. The highest BCUT2D eigenvalue weighted by atomic mass is 35.5. The van der Waals surface area contributed by atoms with E-state index >= 15 is 0 Å². The number of nitro benzene ring substituents is 1. The number of halogens is 1. The first-order chi connectivity index (χ1) is 12.5. The Labute approximate surface area is 156 Å². The first-order valence-corrected chi connectivity index (χ1v) is 8.65. The van der Waals surface area contributed by atoms with Crippen LogP contribution < -0.4 is 0 Å². The molecule has 0 atom stereocenters. The molecule has 136 valence electrons. The molecule has 0 aromatic heterocycles. The number of rotatable bonds is 5. The van der Waals surface area contributed by atoms with Gasteiger partial charge in [-0.2, -0.15) is 0 Å². The molecule has 0 amide bonds. The highest BCUT2D eigenvalue weighted by Crippen LogP contribution is 2.34. The number of hydrogen-bond donors (Lipinski definition) is 1. The summed E-state index contributed by atoms with van der Waals surface area (Å²) in [5, 5.41) is 21.2. The third-order valence-electron chi connectivity index (χ3n) is 4.23. The standard InChI is InChI=1S/C19H19ClN2O4/c20-17-11-16(19(23)18(12-17)22(24)25)6-5-14-1-3-15(4-2-14)13-21-7-9-26-10-8-21/h1-6,11-12,23H,7-10,13H2. The zero-order valence-electron chi connectivity index (χ0n) is 14.1. The van der Waals surface area contributed by atoms with E-state index in [1.165, 1.54) is 11.6 Å². The first-order valence-electron chi connectivity index (χ1n) is 8.27. The number of hydrogen-bond acceptors (Lipinski definition) is 5. The molecule has 7 heteroatoms. The molecule has 2 aromatic carbocycles. The Hall–Kier alpha value is -2.41. The van der Waals surface area contributed by atoms with Crippen molar-refractivity contribution < 1.29 is 14.8 Å². The van der Waals surface area contributed by atoms with Crippen LogP contribution >= 0.6 is 11.6 Å². The van der Waals surface area contributed by atoms with Crippen molar-refractivity contribution in [1.82, 2.24) is 4.90 Å². The summed E-state index contributed by atoms with van der Waals surface area (Å²) in [5.41, 5.74) is 2.04. The molecule has 1 aliphatic heterocycles. The zero-order chi connectivity index (χ0) is 18.5. The van der Waals surface area contributed by atoms with E-state index in [9.17, 15) is 15.2 Å². The van der Waals surface area contributed by atoms with Gasteiger partial charge in [0.05, 0.1) is 18.1 Å². The van der Waals surface area contributed by atoms with Crippen LogP contribution in [0, 0.1) is 10.1 Å². The Kier molecular flexibility index (Phi) is 5.88. The second-order valence-corrected chi connectivity index (χ2v) is 6.52. The second-order valence-electron chi connectivity index (χ2n) is 6.08. The molecule has 3 rings (SSSR count). The highest BCUT2D eigenvalue weighted by Gasteiger charge is 2.17. The Morgan fingerprint density at radius 2 is 1.88 bits per heavy atom. The molecule has 0 unspecified atom stereocenters. The van der Waals surface area contributed by atoms with Crippen LogP contribution in [0.1, 0.15) is 16.7 Å². The number of ether oxygens (including phenoxy) is 1. The van der Waals surface area contributed by atoms with Crippen molar-refractivity contribution in [3.05, 3.63) is 68.2 Å². The monoisotopic (exact) mass is 374 g/mol. The van der Waals surface area contributed by atoms with Crippen LogP contribution in [0.5, 0.6) is 5.75 Å². The van der Waals surface area contributed by atoms with Crippen molar-refractivity contribution >= 4 is 29.4 Å². The lowest BCUT2D eigenvalue weighted by Gasteiger charge is -2.26. The molecular formula is C19H19ClN2O4. The average Bonchev–Trinajstić information content (AvgIpc) is 2.64. The van der Waals surface area contributed by atoms with Gasteiger partial charge in [-0.05, 0) is 17.2 Å². The van der Waals surface area contributed by atoms with E-state index < -0.39 is 10.6 Å². The van der Waals surface area contributed by atoms with Gasteiger partial charge in [0.2, 0.25) is 5.75 Å². The van der Waals surface area contributed by atoms with Gasteiger partial charge < -0.3 is 9.84 Å². The predicted octanol–water partition coefficient (Wildman–Crippen LogP) is 3.96. The molecule has 6 nitrogen and oxygen atoms in total. The van der Waals surface area contributed by atoms with Crippen molar-refractivity contribution in [2.75, 3.05) is 26.3 Å². The largest absolute Gasteiger partial charge is 0.502 e. The molecule has 1 saturated heterocycles. The molecule has 1 N–H and O–H groups in total. The summed E-state index contributed by atoms with van der Waals surface area (Å²) in [4.78, 5) is 12.6. The van der Waals surface area contributed by atoms with E-state index in [0.717, 1.165) is 44.5 Å². The van der Waals surface area contributed by atoms with E-state index in [4.69, 9.17) is 16.3 Å². The van der Waals surface area contributed by atoms with Gasteiger partial charge >= 0.3 is 5.69 Å². The average molecular weight is 375 g/mol. The lowest BCUT2D eigenvalue weighted by molar-refractivity contribution is -0.385.